The van der Waals surface area contributed by atoms with Gasteiger partial charge in [-0.3, -0.25) is 9.48 Å². The van der Waals surface area contributed by atoms with E-state index in [2.05, 4.69) is 10.4 Å². The third-order valence-corrected chi connectivity index (χ3v) is 2.93. The van der Waals surface area contributed by atoms with E-state index in [4.69, 9.17) is 5.73 Å². The van der Waals surface area contributed by atoms with E-state index in [9.17, 15) is 4.79 Å². The molecule has 0 bridgehead atoms. The van der Waals surface area contributed by atoms with Gasteiger partial charge >= 0.3 is 0 Å². The predicted octanol–water partition coefficient (Wildman–Crippen LogP) is 1.54. The molecule has 5 heteroatoms. The van der Waals surface area contributed by atoms with Crippen molar-refractivity contribution in [1.29, 1.82) is 0 Å². The molecule has 100 valence electrons. The van der Waals surface area contributed by atoms with E-state index in [0.717, 1.165) is 23.4 Å². The molecule has 1 aromatic heterocycles. The Morgan fingerprint density at radius 3 is 2.74 bits per heavy atom. The molecule has 19 heavy (non-hydrogen) atoms. The molecular formula is C14H18N4O. The number of aryl methyl sites for hydroxylation is 1. The Hall–Kier alpha value is -2.14. The summed E-state index contributed by atoms with van der Waals surface area (Å²) in [5.74, 6) is -0.0587. The van der Waals surface area contributed by atoms with Crippen LogP contribution in [0.15, 0.2) is 36.7 Å². The van der Waals surface area contributed by atoms with Crippen molar-refractivity contribution < 1.29 is 4.79 Å². The lowest BCUT2D eigenvalue weighted by atomic mass is 10.0. The van der Waals surface area contributed by atoms with E-state index in [1.807, 2.05) is 37.4 Å². The van der Waals surface area contributed by atoms with Crippen LogP contribution in [-0.4, -0.2) is 15.7 Å². The van der Waals surface area contributed by atoms with Gasteiger partial charge in [0.05, 0.1) is 18.3 Å². The summed E-state index contributed by atoms with van der Waals surface area (Å²) in [7, 11) is 0. The first-order valence-corrected chi connectivity index (χ1v) is 6.32. The van der Waals surface area contributed by atoms with Gasteiger partial charge in [-0.1, -0.05) is 24.3 Å². The summed E-state index contributed by atoms with van der Waals surface area (Å²) < 4.78 is 1.77. The minimum atomic E-state index is -0.0587. The fourth-order valence-corrected chi connectivity index (χ4v) is 1.91. The van der Waals surface area contributed by atoms with Crippen LogP contribution < -0.4 is 11.1 Å². The third-order valence-electron chi connectivity index (χ3n) is 2.93. The fraction of sp³-hybridized carbons (Fsp3) is 0.286. The molecular weight excluding hydrogens is 240 g/mol. The molecule has 5 nitrogen and oxygen atoms in total. The molecule has 0 aliphatic rings. The van der Waals surface area contributed by atoms with Crippen molar-refractivity contribution in [3.63, 3.8) is 0 Å². The lowest BCUT2D eigenvalue weighted by Crippen LogP contribution is -2.15. The number of amides is 1. The summed E-state index contributed by atoms with van der Waals surface area (Å²) in [6, 6.07) is 7.71. The maximum atomic E-state index is 12.0. The van der Waals surface area contributed by atoms with Crippen LogP contribution in [-0.2, 0) is 24.3 Å². The van der Waals surface area contributed by atoms with Crippen LogP contribution in [0.2, 0.25) is 0 Å². The predicted molar refractivity (Wildman–Crippen MR) is 74.6 cm³/mol. The standard InChI is InChI=1S/C14H18N4O/c1-2-18-10-13(9-16-18)17-14(19)7-11-5-3-4-6-12(11)8-15/h3-6,9-10H,2,7-8,15H2,1H3,(H,17,19). The second-order valence-corrected chi connectivity index (χ2v) is 4.28. The Morgan fingerprint density at radius 1 is 1.37 bits per heavy atom. The molecule has 0 atom stereocenters. The normalized spacial score (nSPS) is 10.4. The van der Waals surface area contributed by atoms with E-state index < -0.39 is 0 Å². The number of rotatable bonds is 5. The van der Waals surface area contributed by atoms with Gasteiger partial charge in [0.2, 0.25) is 5.91 Å². The average Bonchev–Trinajstić information content (AvgIpc) is 2.87. The number of anilines is 1. The molecule has 1 heterocycles. The number of nitrogens with one attached hydrogen (secondary N) is 1. The lowest BCUT2D eigenvalue weighted by molar-refractivity contribution is -0.115. The molecule has 0 spiro atoms. The summed E-state index contributed by atoms with van der Waals surface area (Å²) in [5.41, 5.74) is 8.34. The number of hydrogen-bond donors (Lipinski definition) is 2. The van der Waals surface area contributed by atoms with Crippen LogP contribution in [0.4, 0.5) is 5.69 Å². The molecule has 2 rings (SSSR count). The van der Waals surface area contributed by atoms with Gasteiger partial charge in [0.25, 0.3) is 0 Å². The largest absolute Gasteiger partial charge is 0.326 e. The van der Waals surface area contributed by atoms with E-state index >= 15 is 0 Å². The van der Waals surface area contributed by atoms with Crippen molar-refractivity contribution in [1.82, 2.24) is 9.78 Å². The maximum absolute atomic E-state index is 12.0. The number of carbonyl (C=O) groups excluding carboxylic acids is 1. The zero-order valence-electron chi connectivity index (χ0n) is 11.0. The van der Waals surface area contributed by atoms with Gasteiger partial charge in [0.1, 0.15) is 0 Å². The van der Waals surface area contributed by atoms with E-state index in [1.165, 1.54) is 0 Å². The van der Waals surface area contributed by atoms with Crippen molar-refractivity contribution in [3.05, 3.63) is 47.8 Å². The Morgan fingerprint density at radius 2 is 2.11 bits per heavy atom. The quantitative estimate of drug-likeness (QED) is 0.854. The second kappa shape index (κ2) is 6.15. The molecule has 0 aliphatic carbocycles. The van der Waals surface area contributed by atoms with E-state index in [1.54, 1.807) is 10.9 Å². The highest BCUT2D eigenvalue weighted by molar-refractivity contribution is 5.92. The van der Waals surface area contributed by atoms with Gasteiger partial charge in [-0.15, -0.1) is 0 Å². The lowest BCUT2D eigenvalue weighted by Gasteiger charge is -2.07. The number of aromatic nitrogens is 2. The molecule has 0 saturated heterocycles. The topological polar surface area (TPSA) is 72.9 Å². The van der Waals surface area contributed by atoms with Crippen molar-refractivity contribution in [2.75, 3.05) is 5.32 Å². The first-order valence-electron chi connectivity index (χ1n) is 6.32. The van der Waals surface area contributed by atoms with Crippen molar-refractivity contribution >= 4 is 11.6 Å². The van der Waals surface area contributed by atoms with Crippen LogP contribution in [0.25, 0.3) is 0 Å². The monoisotopic (exact) mass is 258 g/mol. The summed E-state index contributed by atoms with van der Waals surface area (Å²) in [6.07, 6.45) is 3.79. The van der Waals surface area contributed by atoms with Gasteiger partial charge in [-0.25, -0.2) is 0 Å². The average molecular weight is 258 g/mol. The van der Waals surface area contributed by atoms with Crippen molar-refractivity contribution in [2.45, 2.75) is 26.4 Å². The Kier molecular flexibility index (Phi) is 4.30. The number of nitrogens with two attached hydrogens (primary N) is 1. The van der Waals surface area contributed by atoms with Crippen LogP contribution in [0.3, 0.4) is 0 Å². The van der Waals surface area contributed by atoms with E-state index in [0.29, 0.717) is 13.0 Å². The smallest absolute Gasteiger partial charge is 0.228 e. The Labute approximate surface area is 112 Å². The molecule has 1 amide bonds. The van der Waals surface area contributed by atoms with Crippen LogP contribution >= 0.6 is 0 Å². The highest BCUT2D eigenvalue weighted by Gasteiger charge is 2.08. The third kappa shape index (κ3) is 3.42. The number of carbonyl (C=O) groups is 1. The van der Waals surface area contributed by atoms with Crippen molar-refractivity contribution in [3.8, 4) is 0 Å². The molecule has 0 unspecified atom stereocenters. The van der Waals surface area contributed by atoms with Crippen LogP contribution in [0.1, 0.15) is 18.1 Å². The first-order chi connectivity index (χ1) is 9.22. The highest BCUT2D eigenvalue weighted by Crippen LogP contribution is 2.11. The Bertz CT molecular complexity index is 562. The fourth-order valence-electron chi connectivity index (χ4n) is 1.91. The summed E-state index contributed by atoms with van der Waals surface area (Å²) in [6.45, 7) is 3.22. The number of hydrogen-bond acceptors (Lipinski definition) is 3. The number of nitrogens with zero attached hydrogens (tertiary/aromatic N) is 2. The zero-order valence-corrected chi connectivity index (χ0v) is 11.0. The zero-order chi connectivity index (χ0) is 13.7. The van der Waals surface area contributed by atoms with Gasteiger partial charge < -0.3 is 11.1 Å². The summed E-state index contributed by atoms with van der Waals surface area (Å²) in [4.78, 5) is 12.0. The Balaban J connectivity index is 2.01. The molecule has 2 aromatic rings. The van der Waals surface area contributed by atoms with Crippen molar-refractivity contribution in [2.24, 2.45) is 5.73 Å². The summed E-state index contributed by atoms with van der Waals surface area (Å²) in [5, 5.41) is 6.94. The molecule has 0 radical (unpaired) electrons. The molecule has 0 saturated carbocycles. The minimum Gasteiger partial charge on any atom is -0.326 e. The van der Waals surface area contributed by atoms with Gasteiger partial charge in [0.15, 0.2) is 0 Å². The van der Waals surface area contributed by atoms with Gasteiger partial charge in [-0.05, 0) is 18.1 Å². The molecule has 1 aromatic carbocycles. The molecule has 0 fully saturated rings. The van der Waals surface area contributed by atoms with Crippen LogP contribution in [0, 0.1) is 0 Å². The summed E-state index contributed by atoms with van der Waals surface area (Å²) >= 11 is 0. The van der Waals surface area contributed by atoms with Crippen LogP contribution in [0.5, 0.6) is 0 Å². The second-order valence-electron chi connectivity index (χ2n) is 4.28. The molecule has 3 N–H and O–H groups in total. The first kappa shape index (κ1) is 13.3. The van der Waals surface area contributed by atoms with Gasteiger partial charge in [0, 0.05) is 19.3 Å². The maximum Gasteiger partial charge on any atom is 0.228 e. The van der Waals surface area contributed by atoms with E-state index in [-0.39, 0.29) is 5.91 Å². The minimum absolute atomic E-state index is 0.0587. The molecule has 0 aliphatic heterocycles. The highest BCUT2D eigenvalue weighted by atomic mass is 16.1. The van der Waals surface area contributed by atoms with Gasteiger partial charge in [-0.2, -0.15) is 5.10 Å². The number of benzene rings is 1. The SMILES string of the molecule is CCn1cc(NC(=O)Cc2ccccc2CN)cn1.